The lowest BCUT2D eigenvalue weighted by Crippen LogP contribution is -2.56. The molecule has 0 unspecified atom stereocenters. The van der Waals surface area contributed by atoms with E-state index in [1.165, 1.54) is 24.1 Å². The van der Waals surface area contributed by atoms with Crippen molar-refractivity contribution in [3.8, 4) is 0 Å². The Kier molecular flexibility index (Phi) is 14.7. The number of hydrogen-bond donors (Lipinski definition) is 8. The number of aliphatic imine (C=N–C) groups is 1. The largest absolute Gasteiger partial charge is 0.479 e. The van der Waals surface area contributed by atoms with Gasteiger partial charge in [0.1, 0.15) is 12.1 Å². The molecule has 44 heavy (non-hydrogen) atoms. The number of amides is 5. The number of carbonyl (C=O) groups excluding carboxylic acids is 5. The van der Waals surface area contributed by atoms with Gasteiger partial charge in [-0.05, 0) is 37.0 Å². The SMILES string of the molecule is CC[C@H]1NC(=O)c2cccc(c2)CNC(=O)[C@H](C(=O)O)NC(=O)CNC(=O)[C@@H](CCCN=C(N)N)N(C)C1=O.CS(=O)(=O)O. The molecule has 0 aromatic heterocycles. The number of likely N-dealkylation sites (N-methyl/N-ethyl adjacent to an activating group) is 1. The summed E-state index contributed by atoms with van der Waals surface area (Å²) < 4.78 is 25.9. The summed E-state index contributed by atoms with van der Waals surface area (Å²) in [6.07, 6.45) is 1.36. The van der Waals surface area contributed by atoms with Gasteiger partial charge in [0.2, 0.25) is 23.8 Å². The Balaban J connectivity index is 0.00000178. The van der Waals surface area contributed by atoms with E-state index in [9.17, 15) is 42.3 Å². The van der Waals surface area contributed by atoms with Crippen LogP contribution in [-0.4, -0.2) is 109 Å². The van der Waals surface area contributed by atoms with Crippen LogP contribution < -0.4 is 32.7 Å². The van der Waals surface area contributed by atoms with Crippen molar-refractivity contribution in [3.63, 3.8) is 0 Å². The van der Waals surface area contributed by atoms with Crippen molar-refractivity contribution >= 4 is 51.6 Å². The van der Waals surface area contributed by atoms with E-state index < -0.39 is 70.3 Å². The number of hydrogen-bond acceptors (Lipinski definition) is 9. The minimum Gasteiger partial charge on any atom is -0.479 e. The van der Waals surface area contributed by atoms with Crippen molar-refractivity contribution in [1.29, 1.82) is 0 Å². The van der Waals surface area contributed by atoms with Crippen LogP contribution in [0.2, 0.25) is 0 Å². The molecule has 0 radical (unpaired) electrons. The molecule has 0 saturated heterocycles. The summed E-state index contributed by atoms with van der Waals surface area (Å²) in [5, 5.41) is 18.9. The van der Waals surface area contributed by atoms with Crippen molar-refractivity contribution < 1.29 is 46.8 Å². The van der Waals surface area contributed by atoms with E-state index in [4.69, 9.17) is 16.0 Å². The van der Waals surface area contributed by atoms with Crippen LogP contribution in [0.3, 0.4) is 0 Å². The normalized spacial score (nSPS) is 20.3. The predicted molar refractivity (Wildman–Crippen MR) is 156 cm³/mol. The first-order chi connectivity index (χ1) is 20.4. The van der Waals surface area contributed by atoms with Crippen molar-refractivity contribution in [1.82, 2.24) is 26.2 Å². The van der Waals surface area contributed by atoms with Gasteiger partial charge in [-0.25, -0.2) is 4.79 Å². The van der Waals surface area contributed by atoms with Gasteiger partial charge in [0.25, 0.3) is 21.9 Å². The van der Waals surface area contributed by atoms with Crippen molar-refractivity contribution in [2.45, 2.75) is 50.9 Å². The fourth-order valence-electron chi connectivity index (χ4n) is 3.82. The van der Waals surface area contributed by atoms with Gasteiger partial charge in [-0.2, -0.15) is 8.42 Å². The Morgan fingerprint density at radius 2 is 1.68 bits per heavy atom. The highest BCUT2D eigenvalue weighted by atomic mass is 32.2. The van der Waals surface area contributed by atoms with Crippen molar-refractivity contribution in [3.05, 3.63) is 35.4 Å². The minimum atomic E-state index is -3.67. The van der Waals surface area contributed by atoms with Crippen LogP contribution in [0.4, 0.5) is 0 Å². The zero-order valence-corrected chi connectivity index (χ0v) is 25.2. The zero-order chi connectivity index (χ0) is 33.6. The molecule has 1 aliphatic rings. The molecule has 1 aromatic carbocycles. The summed E-state index contributed by atoms with van der Waals surface area (Å²) in [6.45, 7) is 1.09. The smallest absolute Gasteiger partial charge is 0.336 e. The minimum absolute atomic E-state index is 0.110. The molecule has 2 rings (SSSR count). The molecule has 2 bridgehead atoms. The molecular formula is C25H38N8O10S. The van der Waals surface area contributed by atoms with E-state index in [0.717, 1.165) is 0 Å². The zero-order valence-electron chi connectivity index (χ0n) is 24.4. The van der Waals surface area contributed by atoms with E-state index in [2.05, 4.69) is 26.3 Å². The lowest BCUT2D eigenvalue weighted by Gasteiger charge is -2.30. The first-order valence-electron chi connectivity index (χ1n) is 13.2. The second kappa shape index (κ2) is 17.4. The molecule has 1 heterocycles. The Labute approximate surface area is 253 Å². The maximum absolute atomic E-state index is 13.3. The molecule has 244 valence electrons. The topological polar surface area (TPSA) is 293 Å². The van der Waals surface area contributed by atoms with Crippen LogP contribution in [0.5, 0.6) is 0 Å². The maximum Gasteiger partial charge on any atom is 0.336 e. The number of fused-ring (bicyclic) bond motifs is 2. The summed E-state index contributed by atoms with van der Waals surface area (Å²) in [6, 6.07) is 2.21. The average Bonchev–Trinajstić information content (AvgIpc) is 2.93. The summed E-state index contributed by atoms with van der Waals surface area (Å²) >= 11 is 0. The third-order valence-corrected chi connectivity index (χ3v) is 5.95. The van der Waals surface area contributed by atoms with Crippen LogP contribution >= 0.6 is 0 Å². The lowest BCUT2D eigenvalue weighted by atomic mass is 10.1. The van der Waals surface area contributed by atoms with Crippen LogP contribution in [0.25, 0.3) is 0 Å². The molecule has 1 aliphatic heterocycles. The van der Waals surface area contributed by atoms with E-state index in [0.29, 0.717) is 18.2 Å². The van der Waals surface area contributed by atoms with Crippen LogP contribution in [-0.2, 0) is 40.6 Å². The van der Waals surface area contributed by atoms with Gasteiger partial charge < -0.3 is 42.7 Å². The fourth-order valence-corrected chi connectivity index (χ4v) is 3.82. The molecule has 0 aliphatic carbocycles. The molecule has 3 atom stereocenters. The molecule has 18 nitrogen and oxygen atoms in total. The predicted octanol–water partition coefficient (Wildman–Crippen LogP) is -3.10. The number of nitrogens with one attached hydrogen (secondary N) is 4. The third kappa shape index (κ3) is 13.5. The number of benzene rings is 1. The highest BCUT2D eigenvalue weighted by Gasteiger charge is 2.33. The van der Waals surface area contributed by atoms with Gasteiger partial charge in [-0.15, -0.1) is 0 Å². The quantitative estimate of drug-likeness (QED) is 0.0503. The van der Waals surface area contributed by atoms with Gasteiger partial charge in [-0.3, -0.25) is 33.5 Å². The van der Waals surface area contributed by atoms with Gasteiger partial charge in [0, 0.05) is 25.7 Å². The monoisotopic (exact) mass is 642 g/mol. The molecule has 0 saturated carbocycles. The highest BCUT2D eigenvalue weighted by molar-refractivity contribution is 7.85. The number of aliphatic carboxylic acids is 1. The number of carbonyl (C=O) groups is 6. The Morgan fingerprint density at radius 1 is 1.07 bits per heavy atom. The first-order valence-corrected chi connectivity index (χ1v) is 15.0. The van der Waals surface area contributed by atoms with Crippen molar-refractivity contribution in [2.75, 3.05) is 26.4 Å². The van der Waals surface area contributed by atoms with Crippen LogP contribution in [0, 0.1) is 0 Å². The lowest BCUT2D eigenvalue weighted by molar-refractivity contribution is -0.146. The standard InChI is InChI=1S/C24H34N8O7.CH4O3S/c1-3-15-22(37)32(2)16(8-5-9-27-24(25)26)20(35)29-12-17(33)31-18(23(38)39)21(36)28-11-13-6-4-7-14(10-13)19(34)30-15;1-5(2,3)4/h4,6-7,10,15-16,18H,3,5,8-9,11-12H2,1-2H3,(H,28,36)(H,29,35)(H,30,34)(H,31,33)(H,38,39)(H4,25,26,27);1H3,(H,2,3,4)/t15-,16-,18-;/m1./s1. The summed E-state index contributed by atoms with van der Waals surface area (Å²) in [5.74, 6) is -5.47. The second-order valence-electron chi connectivity index (χ2n) is 9.56. The van der Waals surface area contributed by atoms with E-state index in [1.807, 2.05) is 0 Å². The third-order valence-electron chi connectivity index (χ3n) is 5.95. The van der Waals surface area contributed by atoms with Gasteiger partial charge >= 0.3 is 5.97 Å². The number of rotatable bonds is 6. The first kappa shape index (κ1) is 37.2. The summed E-state index contributed by atoms with van der Waals surface area (Å²) in [5.41, 5.74) is 11.4. The van der Waals surface area contributed by atoms with Gasteiger partial charge in [-0.1, -0.05) is 19.1 Å². The second-order valence-corrected chi connectivity index (χ2v) is 11.0. The molecule has 19 heteroatoms. The summed E-state index contributed by atoms with van der Waals surface area (Å²) in [7, 11) is -2.27. The number of carboxylic acids is 1. The molecular weight excluding hydrogens is 604 g/mol. The fraction of sp³-hybridized carbons (Fsp3) is 0.480. The van der Waals surface area contributed by atoms with Crippen LogP contribution in [0.15, 0.2) is 29.3 Å². The van der Waals surface area contributed by atoms with E-state index >= 15 is 0 Å². The summed E-state index contributed by atoms with van der Waals surface area (Å²) in [4.78, 5) is 80.8. The number of carboxylic acid groups (broad SMARTS) is 1. The van der Waals surface area contributed by atoms with Gasteiger partial charge in [0.15, 0.2) is 5.96 Å². The molecule has 5 amide bonds. The Morgan fingerprint density at radius 3 is 2.25 bits per heavy atom. The number of nitrogens with two attached hydrogens (primary N) is 2. The van der Waals surface area contributed by atoms with Crippen molar-refractivity contribution in [2.24, 2.45) is 16.5 Å². The van der Waals surface area contributed by atoms with E-state index in [1.54, 1.807) is 19.1 Å². The average molecular weight is 643 g/mol. The van der Waals surface area contributed by atoms with Crippen LogP contribution in [0.1, 0.15) is 42.1 Å². The van der Waals surface area contributed by atoms with E-state index in [-0.39, 0.29) is 37.5 Å². The molecule has 0 fully saturated rings. The Hall–Kier alpha value is -4.78. The van der Waals surface area contributed by atoms with Gasteiger partial charge in [0.05, 0.1) is 12.8 Å². The Bertz CT molecular complexity index is 1360. The maximum atomic E-state index is 13.3. The molecule has 1 aromatic rings. The molecule has 10 N–H and O–H groups in total. The number of nitrogens with zero attached hydrogens (tertiary/aromatic N) is 2. The highest BCUT2D eigenvalue weighted by Crippen LogP contribution is 2.12. The molecule has 0 spiro atoms. The number of guanidine groups is 1.